The molecule has 2 atom stereocenters. The lowest BCUT2D eigenvalue weighted by Crippen LogP contribution is -2.46. The fraction of sp³-hybridized carbons (Fsp3) is 1.00. The van der Waals surface area contributed by atoms with Crippen molar-refractivity contribution in [2.45, 2.75) is 25.3 Å². The number of rotatable bonds is 8. The van der Waals surface area contributed by atoms with Crippen LogP contribution in [0.4, 0.5) is 0 Å². The molecule has 1 heterocycles. The van der Waals surface area contributed by atoms with Crippen molar-refractivity contribution in [1.29, 1.82) is 0 Å². The fourth-order valence-electron chi connectivity index (χ4n) is 2.82. The maximum Gasteiger partial charge on any atom is 0.279 e. The Morgan fingerprint density at radius 1 is 1.28 bits per heavy atom. The van der Waals surface area contributed by atoms with Gasteiger partial charge in [-0.3, -0.25) is 0 Å². The molecule has 1 aliphatic carbocycles. The highest BCUT2D eigenvalue weighted by Crippen LogP contribution is 2.38. The number of nitrogens with zero attached hydrogens (tertiary/aromatic N) is 1. The van der Waals surface area contributed by atoms with Crippen molar-refractivity contribution in [3.05, 3.63) is 0 Å². The lowest BCUT2D eigenvalue weighted by atomic mass is 10.1. The van der Waals surface area contributed by atoms with Crippen LogP contribution in [0.2, 0.25) is 0 Å². The van der Waals surface area contributed by atoms with Crippen LogP contribution in [-0.4, -0.2) is 58.7 Å². The summed E-state index contributed by atoms with van der Waals surface area (Å²) in [6.07, 6.45) is 3.26. The van der Waals surface area contributed by atoms with Crippen LogP contribution in [-0.2, 0) is 14.9 Å². The molecule has 2 aliphatic rings. The predicted octanol–water partition coefficient (Wildman–Crippen LogP) is -0.459. The molecule has 2 N–H and O–H groups in total. The molecule has 0 radical (unpaired) electrons. The second-order valence-electron chi connectivity index (χ2n) is 5.04. The van der Waals surface area contributed by atoms with Crippen molar-refractivity contribution in [2.24, 2.45) is 5.92 Å². The summed E-state index contributed by atoms with van der Waals surface area (Å²) in [5.41, 5.74) is 0. The largest absolute Gasteiger partial charge is 0.383 e. The molecule has 18 heavy (non-hydrogen) atoms. The summed E-state index contributed by atoms with van der Waals surface area (Å²) in [6, 6.07) is 0.244. The number of methoxy groups -OCH3 is 1. The second-order valence-corrected chi connectivity index (χ2v) is 6.75. The first-order valence-electron chi connectivity index (χ1n) is 6.59. The quantitative estimate of drug-likeness (QED) is 0.589. The first kappa shape index (κ1) is 14.2. The van der Waals surface area contributed by atoms with Gasteiger partial charge >= 0.3 is 0 Å². The van der Waals surface area contributed by atoms with E-state index < -0.39 is 10.2 Å². The average molecular weight is 277 g/mol. The van der Waals surface area contributed by atoms with Gasteiger partial charge in [-0.15, -0.1) is 0 Å². The van der Waals surface area contributed by atoms with Gasteiger partial charge in [-0.25, -0.2) is 4.72 Å². The summed E-state index contributed by atoms with van der Waals surface area (Å²) in [5.74, 6) is 0.589. The molecule has 2 bridgehead atoms. The second kappa shape index (κ2) is 6.29. The molecule has 0 spiro atoms. The van der Waals surface area contributed by atoms with Crippen LogP contribution in [0, 0.1) is 5.92 Å². The third kappa shape index (κ3) is 3.42. The predicted molar refractivity (Wildman–Crippen MR) is 69.5 cm³/mol. The SMILES string of the molecule is COCCNCCNS(=O)(=O)N1CC2CCC1C2. The van der Waals surface area contributed by atoms with Gasteiger partial charge in [-0.1, -0.05) is 0 Å². The number of hydrogen-bond donors (Lipinski definition) is 2. The number of ether oxygens (including phenoxy) is 1. The summed E-state index contributed by atoms with van der Waals surface area (Å²) in [6.45, 7) is 3.15. The maximum absolute atomic E-state index is 12.1. The van der Waals surface area contributed by atoms with Gasteiger partial charge in [0.15, 0.2) is 0 Å². The van der Waals surface area contributed by atoms with E-state index in [1.165, 1.54) is 6.42 Å². The van der Waals surface area contributed by atoms with E-state index in [0.717, 1.165) is 19.4 Å². The molecular weight excluding hydrogens is 254 g/mol. The molecule has 7 heteroatoms. The lowest BCUT2D eigenvalue weighted by Gasteiger charge is -2.26. The van der Waals surface area contributed by atoms with Gasteiger partial charge in [-0.2, -0.15) is 12.7 Å². The van der Waals surface area contributed by atoms with Gasteiger partial charge in [0.25, 0.3) is 10.2 Å². The zero-order valence-electron chi connectivity index (χ0n) is 10.9. The van der Waals surface area contributed by atoms with E-state index in [2.05, 4.69) is 10.0 Å². The van der Waals surface area contributed by atoms with Crippen molar-refractivity contribution >= 4 is 10.2 Å². The summed E-state index contributed by atoms with van der Waals surface area (Å²) in [7, 11) is -1.63. The molecule has 1 saturated heterocycles. The van der Waals surface area contributed by atoms with Gasteiger partial charge in [0.2, 0.25) is 0 Å². The highest BCUT2D eigenvalue weighted by atomic mass is 32.2. The van der Waals surface area contributed by atoms with E-state index in [4.69, 9.17) is 4.74 Å². The van der Waals surface area contributed by atoms with Gasteiger partial charge in [0.1, 0.15) is 0 Å². The zero-order chi connectivity index (χ0) is 13.0. The van der Waals surface area contributed by atoms with Crippen LogP contribution in [0.15, 0.2) is 0 Å². The monoisotopic (exact) mass is 277 g/mol. The van der Waals surface area contributed by atoms with Crippen molar-refractivity contribution in [3.8, 4) is 0 Å². The van der Waals surface area contributed by atoms with E-state index in [-0.39, 0.29) is 6.04 Å². The van der Waals surface area contributed by atoms with Crippen LogP contribution >= 0.6 is 0 Å². The number of piperidine rings is 1. The van der Waals surface area contributed by atoms with Crippen LogP contribution in [0.3, 0.4) is 0 Å². The minimum atomic E-state index is -3.27. The average Bonchev–Trinajstić information content (AvgIpc) is 2.96. The molecule has 2 fully saturated rings. The molecule has 2 rings (SSSR count). The Hall–Kier alpha value is -0.210. The number of hydrogen-bond acceptors (Lipinski definition) is 4. The van der Waals surface area contributed by atoms with Crippen molar-refractivity contribution in [3.63, 3.8) is 0 Å². The van der Waals surface area contributed by atoms with Crippen LogP contribution < -0.4 is 10.0 Å². The summed E-state index contributed by atoms with van der Waals surface area (Å²) in [5, 5.41) is 3.11. The van der Waals surface area contributed by atoms with E-state index in [1.54, 1.807) is 11.4 Å². The Balaban J connectivity index is 1.68. The molecule has 1 aliphatic heterocycles. The Bertz CT molecular complexity index is 361. The van der Waals surface area contributed by atoms with Gasteiger partial charge < -0.3 is 10.1 Å². The Morgan fingerprint density at radius 2 is 2.11 bits per heavy atom. The molecule has 0 aromatic rings. The fourth-order valence-corrected chi connectivity index (χ4v) is 4.34. The van der Waals surface area contributed by atoms with E-state index >= 15 is 0 Å². The van der Waals surface area contributed by atoms with Crippen LogP contribution in [0.5, 0.6) is 0 Å². The lowest BCUT2D eigenvalue weighted by molar-refractivity contribution is 0.199. The highest BCUT2D eigenvalue weighted by Gasteiger charge is 2.43. The van der Waals surface area contributed by atoms with Gasteiger partial charge in [0, 0.05) is 39.3 Å². The number of nitrogens with one attached hydrogen (secondary N) is 2. The molecule has 0 aromatic carbocycles. The molecular formula is C11H23N3O3S. The molecule has 1 saturated carbocycles. The first-order valence-corrected chi connectivity index (χ1v) is 8.03. The minimum absolute atomic E-state index is 0.244. The van der Waals surface area contributed by atoms with Gasteiger partial charge in [-0.05, 0) is 25.2 Å². The third-order valence-electron chi connectivity index (χ3n) is 3.74. The Labute approximate surface area is 109 Å². The van der Waals surface area contributed by atoms with Crippen molar-refractivity contribution in [2.75, 3.05) is 39.9 Å². The van der Waals surface area contributed by atoms with Crippen molar-refractivity contribution in [1.82, 2.24) is 14.3 Å². The van der Waals surface area contributed by atoms with Crippen LogP contribution in [0.1, 0.15) is 19.3 Å². The van der Waals surface area contributed by atoms with E-state index in [1.807, 2.05) is 0 Å². The number of fused-ring (bicyclic) bond motifs is 2. The Morgan fingerprint density at radius 3 is 2.72 bits per heavy atom. The zero-order valence-corrected chi connectivity index (χ0v) is 11.7. The van der Waals surface area contributed by atoms with Crippen LogP contribution in [0.25, 0.3) is 0 Å². The molecule has 6 nitrogen and oxygen atoms in total. The summed E-state index contributed by atoms with van der Waals surface area (Å²) < 4.78 is 33.3. The molecule has 106 valence electrons. The summed E-state index contributed by atoms with van der Waals surface area (Å²) >= 11 is 0. The topological polar surface area (TPSA) is 70.7 Å². The van der Waals surface area contributed by atoms with E-state index in [0.29, 0.717) is 32.2 Å². The molecule has 2 unspecified atom stereocenters. The Kier molecular flexibility index (Phi) is 4.97. The molecule has 0 aromatic heterocycles. The maximum atomic E-state index is 12.1. The third-order valence-corrected chi connectivity index (χ3v) is 5.37. The van der Waals surface area contributed by atoms with Gasteiger partial charge in [0.05, 0.1) is 6.61 Å². The van der Waals surface area contributed by atoms with Crippen molar-refractivity contribution < 1.29 is 13.2 Å². The van der Waals surface area contributed by atoms with E-state index in [9.17, 15) is 8.42 Å². The first-order chi connectivity index (χ1) is 8.63. The highest BCUT2D eigenvalue weighted by molar-refractivity contribution is 7.87. The molecule has 0 amide bonds. The normalized spacial score (nSPS) is 28.1. The minimum Gasteiger partial charge on any atom is -0.383 e. The standard InChI is InChI=1S/C11H23N3O3S/c1-17-7-6-12-4-5-13-18(15,16)14-9-10-2-3-11(14)8-10/h10-13H,2-9H2,1H3. The smallest absolute Gasteiger partial charge is 0.279 e. The summed E-state index contributed by atoms with van der Waals surface area (Å²) in [4.78, 5) is 0.